The molecule has 2 aromatic heterocycles. The summed E-state index contributed by atoms with van der Waals surface area (Å²) in [6.07, 6.45) is 4.85. The van der Waals surface area contributed by atoms with E-state index in [1.807, 2.05) is 25.4 Å². The molecule has 3 aromatic rings. The van der Waals surface area contributed by atoms with Gasteiger partial charge in [0.2, 0.25) is 0 Å². The molecule has 0 aliphatic heterocycles. The van der Waals surface area contributed by atoms with Crippen molar-refractivity contribution in [2.75, 3.05) is 0 Å². The maximum atomic E-state index is 4.76. The summed E-state index contributed by atoms with van der Waals surface area (Å²) in [5.74, 6) is 0. The fourth-order valence-electron chi connectivity index (χ4n) is 3.65. The minimum Gasteiger partial charge on any atom is -0.290 e. The van der Waals surface area contributed by atoms with E-state index in [1.54, 1.807) is 0 Å². The van der Waals surface area contributed by atoms with Gasteiger partial charge >= 0.3 is 0 Å². The molecule has 0 saturated carbocycles. The molecular weight excluding hydrogens is 356 g/mol. The Morgan fingerprint density at radius 2 is 1.69 bits per heavy atom. The molecular formula is C25H32N4. The highest BCUT2D eigenvalue weighted by atomic mass is 15.3. The zero-order valence-corrected chi connectivity index (χ0v) is 18.2. The first-order chi connectivity index (χ1) is 14.0. The highest BCUT2D eigenvalue weighted by Crippen LogP contribution is 2.20. The van der Waals surface area contributed by atoms with Gasteiger partial charge in [-0.15, -0.1) is 0 Å². The van der Waals surface area contributed by atoms with Crippen LogP contribution in [-0.2, 0) is 32.6 Å². The predicted molar refractivity (Wildman–Crippen MR) is 120 cm³/mol. The second kappa shape index (κ2) is 9.66. The Hall–Kier alpha value is -2.72. The number of nitrogens with zero attached hydrogens (tertiary/aromatic N) is 4. The average molecular weight is 389 g/mol. The molecule has 0 radical (unpaired) electrons. The molecule has 4 heteroatoms. The van der Waals surface area contributed by atoms with E-state index in [2.05, 4.69) is 72.2 Å². The predicted octanol–water partition coefficient (Wildman–Crippen LogP) is 5.24. The molecule has 152 valence electrons. The average Bonchev–Trinajstić information content (AvgIpc) is 2.96. The topological polar surface area (TPSA) is 34.0 Å². The van der Waals surface area contributed by atoms with Gasteiger partial charge < -0.3 is 0 Å². The first-order valence-electron chi connectivity index (χ1n) is 10.3. The molecule has 0 aliphatic rings. The van der Waals surface area contributed by atoms with Crippen LogP contribution < -0.4 is 0 Å². The van der Waals surface area contributed by atoms with Crippen LogP contribution >= 0.6 is 0 Å². The number of allylic oxidation sites excluding steroid dienone is 1. The van der Waals surface area contributed by atoms with E-state index in [0.29, 0.717) is 0 Å². The van der Waals surface area contributed by atoms with Crippen LogP contribution in [0.1, 0.15) is 47.5 Å². The molecule has 3 rings (SSSR count). The molecule has 4 nitrogen and oxygen atoms in total. The maximum absolute atomic E-state index is 4.76. The molecule has 29 heavy (non-hydrogen) atoms. The lowest BCUT2D eigenvalue weighted by atomic mass is 10.1. The van der Waals surface area contributed by atoms with Gasteiger partial charge in [0.25, 0.3) is 0 Å². The first-order valence-corrected chi connectivity index (χ1v) is 10.3. The second-order valence-corrected chi connectivity index (χ2v) is 7.94. The second-order valence-electron chi connectivity index (χ2n) is 7.94. The van der Waals surface area contributed by atoms with Crippen molar-refractivity contribution in [1.82, 2.24) is 19.7 Å². The van der Waals surface area contributed by atoms with Gasteiger partial charge in [-0.1, -0.05) is 49.4 Å². The highest BCUT2D eigenvalue weighted by molar-refractivity contribution is 5.26. The first kappa shape index (κ1) is 21.0. The van der Waals surface area contributed by atoms with Gasteiger partial charge in [0.15, 0.2) is 0 Å². The van der Waals surface area contributed by atoms with Crippen LogP contribution in [-0.4, -0.2) is 19.7 Å². The Balaban J connectivity index is 1.84. The molecule has 0 N–H and O–H groups in total. The molecule has 0 fully saturated rings. The van der Waals surface area contributed by atoms with Crippen LogP contribution in [0.25, 0.3) is 0 Å². The van der Waals surface area contributed by atoms with Gasteiger partial charge in [0.1, 0.15) is 0 Å². The van der Waals surface area contributed by atoms with Crippen LogP contribution in [0.4, 0.5) is 0 Å². The van der Waals surface area contributed by atoms with Crippen molar-refractivity contribution in [2.24, 2.45) is 0 Å². The van der Waals surface area contributed by atoms with Gasteiger partial charge in [0, 0.05) is 43.3 Å². The number of aromatic nitrogens is 3. The van der Waals surface area contributed by atoms with Crippen LogP contribution in [0.2, 0.25) is 0 Å². The summed E-state index contributed by atoms with van der Waals surface area (Å²) >= 11 is 0. The quantitative estimate of drug-likeness (QED) is 0.470. The Morgan fingerprint density at radius 3 is 2.31 bits per heavy atom. The molecule has 0 saturated heterocycles. The van der Waals surface area contributed by atoms with Crippen molar-refractivity contribution in [1.29, 1.82) is 0 Å². The Labute approximate surface area is 174 Å². The minimum atomic E-state index is 0.772. The highest BCUT2D eigenvalue weighted by Gasteiger charge is 2.16. The summed E-state index contributed by atoms with van der Waals surface area (Å²) in [5, 5.41) is 4.76. The summed E-state index contributed by atoms with van der Waals surface area (Å²) in [6, 6.07) is 13.1. The number of benzene rings is 1. The third-order valence-electron chi connectivity index (χ3n) is 5.30. The molecule has 0 amide bonds. The number of rotatable bonds is 9. The number of hydrogen-bond acceptors (Lipinski definition) is 3. The van der Waals surface area contributed by atoms with Crippen LogP contribution in [0.5, 0.6) is 0 Å². The lowest BCUT2D eigenvalue weighted by molar-refractivity contribution is 0.246. The van der Waals surface area contributed by atoms with E-state index < -0.39 is 0 Å². The van der Waals surface area contributed by atoms with E-state index in [4.69, 9.17) is 5.10 Å². The van der Waals surface area contributed by atoms with Crippen molar-refractivity contribution in [2.45, 2.75) is 60.3 Å². The lowest BCUT2D eigenvalue weighted by Gasteiger charge is -2.23. The van der Waals surface area contributed by atoms with Gasteiger partial charge in [-0.3, -0.25) is 14.6 Å². The van der Waals surface area contributed by atoms with Gasteiger partial charge in [-0.25, -0.2) is 0 Å². The Bertz CT molecular complexity index is 939. The normalized spacial score (nSPS) is 11.2. The summed E-state index contributed by atoms with van der Waals surface area (Å²) in [5.41, 5.74) is 8.67. The van der Waals surface area contributed by atoms with E-state index in [0.717, 1.165) is 43.9 Å². The Morgan fingerprint density at radius 1 is 1.00 bits per heavy atom. The van der Waals surface area contributed by atoms with Crippen molar-refractivity contribution in [3.63, 3.8) is 0 Å². The van der Waals surface area contributed by atoms with Gasteiger partial charge in [0.05, 0.1) is 12.2 Å². The molecule has 2 heterocycles. The van der Waals surface area contributed by atoms with Crippen LogP contribution in [0, 0.1) is 13.8 Å². The van der Waals surface area contributed by atoms with Crippen molar-refractivity contribution in [3.05, 3.63) is 94.6 Å². The number of aryl methyl sites for hydroxylation is 2. The molecule has 0 aliphatic carbocycles. The number of pyridine rings is 1. The lowest BCUT2D eigenvalue weighted by Crippen LogP contribution is -2.23. The summed E-state index contributed by atoms with van der Waals surface area (Å²) in [7, 11) is 0. The van der Waals surface area contributed by atoms with Crippen molar-refractivity contribution >= 4 is 0 Å². The molecule has 0 bridgehead atoms. The van der Waals surface area contributed by atoms with Gasteiger partial charge in [-0.2, -0.15) is 5.10 Å². The summed E-state index contributed by atoms with van der Waals surface area (Å²) in [4.78, 5) is 6.77. The molecule has 0 atom stereocenters. The van der Waals surface area contributed by atoms with Crippen LogP contribution in [0.15, 0.2) is 60.9 Å². The van der Waals surface area contributed by atoms with E-state index >= 15 is 0 Å². The third-order valence-corrected chi connectivity index (χ3v) is 5.30. The van der Waals surface area contributed by atoms with Crippen molar-refractivity contribution in [3.8, 4) is 0 Å². The van der Waals surface area contributed by atoms with E-state index in [9.17, 15) is 0 Å². The zero-order chi connectivity index (χ0) is 20.8. The molecule has 0 spiro atoms. The van der Waals surface area contributed by atoms with Gasteiger partial charge in [-0.05, 0) is 49.9 Å². The monoisotopic (exact) mass is 388 g/mol. The van der Waals surface area contributed by atoms with E-state index in [1.165, 1.54) is 27.9 Å². The number of hydrogen-bond donors (Lipinski definition) is 0. The SMILES string of the molecule is C=C(C)Cn1nc(C)c(CN(Cc2ccc(CC)cc2)Cc2cccnc2)c1C. The largest absolute Gasteiger partial charge is 0.290 e. The van der Waals surface area contributed by atoms with Crippen LogP contribution in [0.3, 0.4) is 0 Å². The standard InChI is InChI=1S/C25H32N4/c1-6-22-9-11-23(12-10-22)16-28(17-24-8-7-13-26-14-24)18-25-20(4)27-29(21(25)5)15-19(2)3/h7-14H,2,6,15-18H2,1,3-5H3. The molecule has 0 unspecified atom stereocenters. The fourth-order valence-corrected chi connectivity index (χ4v) is 3.65. The van der Waals surface area contributed by atoms with E-state index in [-0.39, 0.29) is 0 Å². The van der Waals surface area contributed by atoms with Crippen molar-refractivity contribution < 1.29 is 0 Å². The minimum absolute atomic E-state index is 0.772. The molecule has 1 aromatic carbocycles. The summed E-state index contributed by atoms with van der Waals surface area (Å²) in [6.45, 7) is 15.9. The fraction of sp³-hybridized carbons (Fsp3) is 0.360. The zero-order valence-electron chi connectivity index (χ0n) is 18.2. The third kappa shape index (κ3) is 5.64. The smallest absolute Gasteiger partial charge is 0.0641 e. The maximum Gasteiger partial charge on any atom is 0.0641 e. The summed E-state index contributed by atoms with van der Waals surface area (Å²) < 4.78 is 2.07. The Kier molecular flexibility index (Phi) is 6.99.